The van der Waals surface area contributed by atoms with Gasteiger partial charge in [0.15, 0.2) is 6.61 Å². The first-order chi connectivity index (χ1) is 14.6. The smallest absolute Gasteiger partial charge is 0.264 e. The minimum atomic E-state index is -0.262. The summed E-state index contributed by atoms with van der Waals surface area (Å²) in [7, 11) is 0. The molecule has 0 spiro atoms. The number of hydrogen-bond donors (Lipinski definition) is 0. The average molecular weight is 404 g/mol. The number of aromatic nitrogens is 2. The van der Waals surface area contributed by atoms with E-state index in [9.17, 15) is 4.39 Å². The van der Waals surface area contributed by atoms with E-state index in [4.69, 9.17) is 14.0 Å². The van der Waals surface area contributed by atoms with Crippen molar-refractivity contribution in [1.29, 1.82) is 0 Å². The van der Waals surface area contributed by atoms with Crippen molar-refractivity contribution in [3.63, 3.8) is 0 Å². The molecule has 0 saturated carbocycles. The monoisotopic (exact) mass is 404 g/mol. The zero-order valence-electron chi connectivity index (χ0n) is 16.8. The number of benzene rings is 3. The molecule has 0 radical (unpaired) electrons. The van der Waals surface area contributed by atoms with Gasteiger partial charge in [-0.25, -0.2) is 4.39 Å². The molecule has 30 heavy (non-hydrogen) atoms. The number of halogens is 1. The van der Waals surface area contributed by atoms with Crippen LogP contribution in [-0.4, -0.2) is 10.1 Å². The van der Waals surface area contributed by atoms with Crippen LogP contribution in [0, 0.1) is 19.7 Å². The van der Waals surface area contributed by atoms with Crippen LogP contribution in [0.15, 0.2) is 71.3 Å². The van der Waals surface area contributed by atoms with E-state index in [1.165, 1.54) is 17.7 Å². The Morgan fingerprint density at radius 1 is 0.867 bits per heavy atom. The number of aryl methyl sites for hydroxylation is 2. The molecular formula is C24H21FN2O3. The van der Waals surface area contributed by atoms with Gasteiger partial charge in [-0.3, -0.25) is 0 Å². The molecule has 6 heteroatoms. The van der Waals surface area contributed by atoms with Gasteiger partial charge in [0.2, 0.25) is 5.82 Å². The number of nitrogens with zero attached hydrogens (tertiary/aromatic N) is 2. The number of rotatable bonds is 7. The third-order valence-corrected chi connectivity index (χ3v) is 4.58. The highest BCUT2D eigenvalue weighted by Crippen LogP contribution is 2.23. The van der Waals surface area contributed by atoms with Crippen molar-refractivity contribution >= 4 is 0 Å². The summed E-state index contributed by atoms with van der Waals surface area (Å²) in [6.45, 7) is 4.61. The second-order valence-corrected chi connectivity index (χ2v) is 7.01. The normalized spacial score (nSPS) is 10.8. The third-order valence-electron chi connectivity index (χ3n) is 4.58. The lowest BCUT2D eigenvalue weighted by Crippen LogP contribution is -1.97. The van der Waals surface area contributed by atoms with E-state index < -0.39 is 0 Å². The quantitative estimate of drug-likeness (QED) is 0.398. The summed E-state index contributed by atoms with van der Waals surface area (Å²) in [4.78, 5) is 4.40. The fourth-order valence-corrected chi connectivity index (χ4v) is 2.98. The zero-order valence-corrected chi connectivity index (χ0v) is 16.8. The maximum Gasteiger partial charge on any atom is 0.264 e. The van der Waals surface area contributed by atoms with Gasteiger partial charge < -0.3 is 14.0 Å². The average Bonchev–Trinajstić information content (AvgIpc) is 3.22. The van der Waals surface area contributed by atoms with E-state index in [0.717, 1.165) is 22.4 Å². The van der Waals surface area contributed by atoms with Crippen LogP contribution in [-0.2, 0) is 13.2 Å². The molecule has 0 aliphatic rings. The molecule has 3 aromatic carbocycles. The van der Waals surface area contributed by atoms with Gasteiger partial charge in [-0.1, -0.05) is 35.0 Å². The molecule has 0 bridgehead atoms. The fourth-order valence-electron chi connectivity index (χ4n) is 2.98. The lowest BCUT2D eigenvalue weighted by molar-refractivity contribution is 0.241. The van der Waals surface area contributed by atoms with Gasteiger partial charge in [0.1, 0.15) is 23.9 Å². The maximum atomic E-state index is 13.0. The zero-order chi connectivity index (χ0) is 20.9. The van der Waals surface area contributed by atoms with Gasteiger partial charge in [-0.15, -0.1) is 0 Å². The lowest BCUT2D eigenvalue weighted by Gasteiger charge is -2.07. The summed E-state index contributed by atoms with van der Waals surface area (Å²) >= 11 is 0. The first-order valence-electron chi connectivity index (χ1n) is 9.57. The van der Waals surface area contributed by atoms with Crippen molar-refractivity contribution in [2.75, 3.05) is 0 Å². The summed E-state index contributed by atoms with van der Waals surface area (Å²) in [5.41, 5.74) is 3.95. The van der Waals surface area contributed by atoms with Gasteiger partial charge >= 0.3 is 0 Å². The van der Waals surface area contributed by atoms with Gasteiger partial charge in [0.25, 0.3) is 5.89 Å². The summed E-state index contributed by atoms with van der Waals surface area (Å²) in [5, 5.41) is 4.02. The van der Waals surface area contributed by atoms with Gasteiger partial charge in [0.05, 0.1) is 0 Å². The Labute approximate surface area is 174 Å². The summed E-state index contributed by atoms with van der Waals surface area (Å²) in [6.07, 6.45) is 0. The van der Waals surface area contributed by atoms with Crippen LogP contribution in [0.1, 0.15) is 22.6 Å². The van der Waals surface area contributed by atoms with Crippen molar-refractivity contribution in [1.82, 2.24) is 10.1 Å². The number of hydrogen-bond acceptors (Lipinski definition) is 5. The molecule has 152 valence electrons. The first kappa shape index (κ1) is 19.6. The number of ether oxygens (including phenoxy) is 2. The molecule has 0 saturated heterocycles. The van der Waals surface area contributed by atoms with Crippen LogP contribution in [0.2, 0.25) is 0 Å². The molecule has 0 aliphatic carbocycles. The van der Waals surface area contributed by atoms with Crippen LogP contribution in [0.5, 0.6) is 11.5 Å². The van der Waals surface area contributed by atoms with Crippen LogP contribution in [0.3, 0.4) is 0 Å². The Morgan fingerprint density at radius 2 is 1.63 bits per heavy atom. The molecule has 0 unspecified atom stereocenters. The first-order valence-corrected chi connectivity index (χ1v) is 9.57. The molecule has 0 N–H and O–H groups in total. The molecule has 5 nitrogen and oxygen atoms in total. The molecule has 1 aromatic heterocycles. The van der Waals surface area contributed by atoms with E-state index in [0.29, 0.717) is 24.1 Å². The topological polar surface area (TPSA) is 57.4 Å². The van der Waals surface area contributed by atoms with Gasteiger partial charge in [-0.2, -0.15) is 4.98 Å². The molecule has 0 atom stereocenters. The van der Waals surface area contributed by atoms with E-state index >= 15 is 0 Å². The van der Waals surface area contributed by atoms with E-state index in [1.807, 2.05) is 50.2 Å². The van der Waals surface area contributed by atoms with Crippen molar-refractivity contribution < 1.29 is 18.4 Å². The minimum absolute atomic E-state index is 0.204. The Morgan fingerprint density at radius 3 is 2.37 bits per heavy atom. The second kappa shape index (κ2) is 8.78. The van der Waals surface area contributed by atoms with E-state index in [-0.39, 0.29) is 12.4 Å². The van der Waals surface area contributed by atoms with Crippen LogP contribution in [0.4, 0.5) is 4.39 Å². The maximum absolute atomic E-state index is 13.0. The lowest BCUT2D eigenvalue weighted by atomic mass is 10.1. The summed E-state index contributed by atoms with van der Waals surface area (Å²) < 4.78 is 29.8. The standard InChI is InChI=1S/C24H21FN2O3/c1-16-3-12-22(17(2)13-16)29-15-23-26-24(27-30-23)19-6-10-21(11-7-19)28-14-18-4-8-20(25)9-5-18/h3-13H,14-15H2,1-2H3. The van der Waals surface area contributed by atoms with Crippen molar-refractivity contribution in [2.45, 2.75) is 27.1 Å². The van der Waals surface area contributed by atoms with Crippen molar-refractivity contribution in [2.24, 2.45) is 0 Å². The Hall–Kier alpha value is -3.67. The molecule has 0 fully saturated rings. The molecule has 0 aliphatic heterocycles. The molecule has 4 rings (SSSR count). The van der Waals surface area contributed by atoms with Crippen LogP contribution in [0.25, 0.3) is 11.4 Å². The summed E-state index contributed by atoms with van der Waals surface area (Å²) in [5.74, 6) is 2.12. The highest BCUT2D eigenvalue weighted by Gasteiger charge is 2.10. The SMILES string of the molecule is Cc1ccc(OCc2nc(-c3ccc(OCc4ccc(F)cc4)cc3)no2)c(C)c1. The largest absolute Gasteiger partial charge is 0.489 e. The molecular weight excluding hydrogens is 383 g/mol. The van der Waals surface area contributed by atoms with Gasteiger partial charge in [0, 0.05) is 5.56 Å². The second-order valence-electron chi connectivity index (χ2n) is 7.01. The molecule has 0 amide bonds. The third kappa shape index (κ3) is 4.84. The highest BCUT2D eigenvalue weighted by molar-refractivity contribution is 5.55. The fraction of sp³-hybridized carbons (Fsp3) is 0.167. The highest BCUT2D eigenvalue weighted by atomic mass is 19.1. The van der Waals surface area contributed by atoms with E-state index in [2.05, 4.69) is 16.2 Å². The predicted octanol–water partition coefficient (Wildman–Crippen LogP) is 5.65. The predicted molar refractivity (Wildman–Crippen MR) is 111 cm³/mol. The Balaban J connectivity index is 1.35. The van der Waals surface area contributed by atoms with Crippen LogP contribution < -0.4 is 9.47 Å². The van der Waals surface area contributed by atoms with Crippen molar-refractivity contribution in [3.8, 4) is 22.9 Å². The van der Waals surface area contributed by atoms with Crippen LogP contribution >= 0.6 is 0 Å². The molecule has 4 aromatic rings. The van der Waals surface area contributed by atoms with Gasteiger partial charge in [-0.05, 0) is 67.4 Å². The van der Waals surface area contributed by atoms with E-state index in [1.54, 1.807) is 12.1 Å². The Kier molecular flexibility index (Phi) is 5.75. The Bertz CT molecular complexity index is 1120. The minimum Gasteiger partial charge on any atom is -0.489 e. The molecule has 1 heterocycles. The summed E-state index contributed by atoms with van der Waals surface area (Å²) in [6, 6.07) is 19.6. The van der Waals surface area contributed by atoms with Crippen molar-refractivity contribution in [3.05, 3.63) is 95.1 Å².